The Kier molecular flexibility index (Phi) is 2.66. The van der Waals surface area contributed by atoms with Crippen LogP contribution < -0.4 is 5.73 Å². The molecule has 0 aromatic rings. The Hall–Kier alpha value is -0.370. The maximum atomic E-state index is 11.2. The molecule has 2 N–H and O–H groups in total. The van der Waals surface area contributed by atoms with Crippen LogP contribution in [0, 0.1) is 11.8 Å². The highest BCUT2D eigenvalue weighted by Gasteiger charge is 2.30. The minimum absolute atomic E-state index is 0.0723. The summed E-state index contributed by atoms with van der Waals surface area (Å²) in [6.45, 7) is 4.12. The number of hydrogen-bond acceptors (Lipinski definition) is 2. The number of nitrogens with two attached hydrogens (primary N) is 1. The molecule has 0 aromatic carbocycles. The fourth-order valence-electron chi connectivity index (χ4n) is 1.04. The molecule has 0 radical (unpaired) electrons. The van der Waals surface area contributed by atoms with Crippen molar-refractivity contribution in [2.45, 2.75) is 39.2 Å². The molecule has 1 aliphatic carbocycles. The summed E-state index contributed by atoms with van der Waals surface area (Å²) < 4.78 is 0. The van der Waals surface area contributed by atoms with Gasteiger partial charge in [0.1, 0.15) is 5.78 Å². The lowest BCUT2D eigenvalue weighted by atomic mass is 9.98. The summed E-state index contributed by atoms with van der Waals surface area (Å²) in [5.74, 6) is 1.18. The third kappa shape index (κ3) is 2.62. The molecule has 0 aromatic heterocycles. The monoisotopic (exact) mass is 155 g/mol. The van der Waals surface area contributed by atoms with E-state index in [1.165, 1.54) is 0 Å². The average Bonchev–Trinajstić information content (AvgIpc) is 2.67. The minimum Gasteiger partial charge on any atom is -0.327 e. The van der Waals surface area contributed by atoms with Crippen molar-refractivity contribution in [1.82, 2.24) is 0 Å². The maximum absolute atomic E-state index is 11.2. The second kappa shape index (κ2) is 3.35. The van der Waals surface area contributed by atoms with Gasteiger partial charge < -0.3 is 5.73 Å². The Morgan fingerprint density at radius 1 is 1.55 bits per heavy atom. The second-order valence-corrected chi connectivity index (χ2v) is 3.85. The lowest BCUT2D eigenvalue weighted by Gasteiger charge is -2.13. The van der Waals surface area contributed by atoms with Gasteiger partial charge in [0.15, 0.2) is 0 Å². The fraction of sp³-hybridized carbons (Fsp3) is 0.889. The second-order valence-electron chi connectivity index (χ2n) is 3.85. The zero-order chi connectivity index (χ0) is 8.43. The highest BCUT2D eigenvalue weighted by molar-refractivity contribution is 5.83. The molecule has 2 nitrogen and oxygen atoms in total. The van der Waals surface area contributed by atoms with Crippen molar-refractivity contribution < 1.29 is 4.79 Å². The standard InChI is InChI=1S/C9H17NO/c1-6(2)8(10)5-9(11)7-3-4-7/h6-8H,3-5,10H2,1-2H3. The molecule has 1 atom stereocenters. The Bertz CT molecular complexity index is 150. The Morgan fingerprint density at radius 3 is 2.45 bits per heavy atom. The third-order valence-electron chi connectivity index (χ3n) is 2.33. The van der Waals surface area contributed by atoms with Crippen LogP contribution in [-0.4, -0.2) is 11.8 Å². The van der Waals surface area contributed by atoms with Crippen molar-refractivity contribution in [2.24, 2.45) is 17.6 Å². The van der Waals surface area contributed by atoms with Gasteiger partial charge in [0.2, 0.25) is 0 Å². The summed E-state index contributed by atoms with van der Waals surface area (Å²) in [5.41, 5.74) is 5.76. The van der Waals surface area contributed by atoms with Crippen molar-refractivity contribution in [1.29, 1.82) is 0 Å². The third-order valence-corrected chi connectivity index (χ3v) is 2.33. The van der Waals surface area contributed by atoms with E-state index in [0.29, 0.717) is 24.0 Å². The fourth-order valence-corrected chi connectivity index (χ4v) is 1.04. The molecular formula is C9H17NO. The van der Waals surface area contributed by atoms with Gasteiger partial charge in [-0.1, -0.05) is 13.8 Å². The van der Waals surface area contributed by atoms with Gasteiger partial charge in [-0.2, -0.15) is 0 Å². The van der Waals surface area contributed by atoms with Crippen molar-refractivity contribution in [2.75, 3.05) is 0 Å². The van der Waals surface area contributed by atoms with Crippen LogP contribution >= 0.6 is 0 Å². The maximum Gasteiger partial charge on any atom is 0.137 e. The van der Waals surface area contributed by atoms with Crippen molar-refractivity contribution in [3.8, 4) is 0 Å². The van der Waals surface area contributed by atoms with E-state index in [4.69, 9.17) is 5.73 Å². The predicted octanol–water partition coefficient (Wildman–Crippen LogP) is 1.34. The molecular weight excluding hydrogens is 138 g/mol. The van der Waals surface area contributed by atoms with Gasteiger partial charge in [0.25, 0.3) is 0 Å². The van der Waals surface area contributed by atoms with Gasteiger partial charge in [0, 0.05) is 18.4 Å². The molecule has 1 saturated carbocycles. The van der Waals surface area contributed by atoms with Crippen molar-refractivity contribution >= 4 is 5.78 Å². The number of carbonyl (C=O) groups is 1. The average molecular weight is 155 g/mol. The topological polar surface area (TPSA) is 43.1 Å². The Balaban J connectivity index is 2.23. The zero-order valence-corrected chi connectivity index (χ0v) is 7.34. The molecule has 0 bridgehead atoms. The smallest absolute Gasteiger partial charge is 0.137 e. The van der Waals surface area contributed by atoms with Crippen LogP contribution in [0.1, 0.15) is 33.1 Å². The summed E-state index contributed by atoms with van der Waals surface area (Å²) in [6.07, 6.45) is 2.79. The van der Waals surface area contributed by atoms with E-state index in [1.807, 2.05) is 0 Å². The van der Waals surface area contributed by atoms with Crippen LogP contribution in [0.2, 0.25) is 0 Å². The summed E-state index contributed by atoms with van der Waals surface area (Å²) in [4.78, 5) is 11.2. The van der Waals surface area contributed by atoms with Crippen molar-refractivity contribution in [3.05, 3.63) is 0 Å². The predicted molar refractivity (Wildman–Crippen MR) is 45.2 cm³/mol. The number of ketones is 1. The molecule has 1 aliphatic rings. The summed E-state index contributed by atoms with van der Waals surface area (Å²) >= 11 is 0. The molecule has 1 unspecified atom stereocenters. The molecule has 0 amide bonds. The molecule has 0 heterocycles. The van der Waals surface area contributed by atoms with E-state index in [0.717, 1.165) is 12.8 Å². The van der Waals surface area contributed by atoms with E-state index >= 15 is 0 Å². The van der Waals surface area contributed by atoms with E-state index in [2.05, 4.69) is 13.8 Å². The van der Waals surface area contributed by atoms with Gasteiger partial charge in [-0.3, -0.25) is 4.79 Å². The largest absolute Gasteiger partial charge is 0.327 e. The number of rotatable bonds is 4. The van der Waals surface area contributed by atoms with E-state index in [1.54, 1.807) is 0 Å². The first-order chi connectivity index (χ1) is 5.11. The lowest BCUT2D eigenvalue weighted by molar-refractivity contribution is -0.120. The van der Waals surface area contributed by atoms with Crippen LogP contribution in [0.3, 0.4) is 0 Å². The lowest BCUT2D eigenvalue weighted by Crippen LogP contribution is -2.29. The summed E-state index contributed by atoms with van der Waals surface area (Å²) in [5, 5.41) is 0. The highest BCUT2D eigenvalue weighted by Crippen LogP contribution is 2.31. The normalized spacial score (nSPS) is 20.4. The molecule has 1 fully saturated rings. The first-order valence-electron chi connectivity index (χ1n) is 4.39. The molecule has 0 saturated heterocycles. The number of hydrogen-bond donors (Lipinski definition) is 1. The Labute approximate surface area is 68.2 Å². The van der Waals surface area contributed by atoms with Crippen molar-refractivity contribution in [3.63, 3.8) is 0 Å². The number of Topliss-reactive ketones (excluding diaryl/α,β-unsaturated/α-hetero) is 1. The first kappa shape index (κ1) is 8.72. The van der Waals surface area contributed by atoms with Gasteiger partial charge >= 0.3 is 0 Å². The van der Waals surface area contributed by atoms with Gasteiger partial charge in [-0.15, -0.1) is 0 Å². The van der Waals surface area contributed by atoms with Crippen LogP contribution in [0.15, 0.2) is 0 Å². The molecule has 11 heavy (non-hydrogen) atoms. The zero-order valence-electron chi connectivity index (χ0n) is 7.34. The van der Waals surface area contributed by atoms with Crippen LogP contribution in [0.25, 0.3) is 0 Å². The van der Waals surface area contributed by atoms with Crippen LogP contribution in [0.5, 0.6) is 0 Å². The molecule has 2 heteroatoms. The van der Waals surface area contributed by atoms with Crippen LogP contribution in [-0.2, 0) is 4.79 Å². The molecule has 0 aliphatic heterocycles. The molecule has 64 valence electrons. The van der Waals surface area contributed by atoms with Gasteiger partial charge in [-0.05, 0) is 18.8 Å². The highest BCUT2D eigenvalue weighted by atomic mass is 16.1. The molecule has 1 rings (SSSR count). The van der Waals surface area contributed by atoms with Gasteiger partial charge in [-0.25, -0.2) is 0 Å². The molecule has 0 spiro atoms. The first-order valence-corrected chi connectivity index (χ1v) is 4.39. The van der Waals surface area contributed by atoms with E-state index in [-0.39, 0.29) is 6.04 Å². The Morgan fingerprint density at radius 2 is 2.09 bits per heavy atom. The SMILES string of the molecule is CC(C)C(N)CC(=O)C1CC1. The summed E-state index contributed by atoms with van der Waals surface area (Å²) in [6, 6.07) is 0.0723. The number of carbonyl (C=O) groups excluding carboxylic acids is 1. The van der Waals surface area contributed by atoms with Gasteiger partial charge in [0.05, 0.1) is 0 Å². The van der Waals surface area contributed by atoms with Crippen LogP contribution in [0.4, 0.5) is 0 Å². The minimum atomic E-state index is 0.0723. The van der Waals surface area contributed by atoms with E-state index < -0.39 is 0 Å². The van der Waals surface area contributed by atoms with E-state index in [9.17, 15) is 4.79 Å². The summed E-state index contributed by atoms with van der Waals surface area (Å²) in [7, 11) is 0. The quantitative estimate of drug-likeness (QED) is 0.665.